The van der Waals surface area contributed by atoms with Crippen LogP contribution in [0.5, 0.6) is 0 Å². The lowest BCUT2D eigenvalue weighted by molar-refractivity contribution is -0.122. The first-order valence-electron chi connectivity index (χ1n) is 7.71. The van der Waals surface area contributed by atoms with E-state index in [4.69, 9.17) is 17.3 Å². The van der Waals surface area contributed by atoms with Crippen molar-refractivity contribution in [1.82, 2.24) is 0 Å². The Bertz CT molecular complexity index is 839. The Kier molecular flexibility index (Phi) is 4.72. The van der Waals surface area contributed by atoms with Gasteiger partial charge in [-0.15, -0.1) is 0 Å². The number of nitrogens with two attached hydrogens (primary N) is 1. The fourth-order valence-corrected chi connectivity index (χ4v) is 2.99. The van der Waals surface area contributed by atoms with E-state index in [1.165, 1.54) is 12.1 Å². The van der Waals surface area contributed by atoms with E-state index in [1.807, 2.05) is 30.3 Å². The van der Waals surface area contributed by atoms with Crippen LogP contribution in [0.4, 0.5) is 11.4 Å². The van der Waals surface area contributed by atoms with Crippen molar-refractivity contribution in [1.29, 1.82) is 0 Å². The third-order valence-corrected chi connectivity index (χ3v) is 4.39. The Morgan fingerprint density at radius 3 is 2.56 bits per heavy atom. The number of halogens is 1. The Morgan fingerprint density at radius 2 is 1.88 bits per heavy atom. The number of rotatable bonds is 4. The summed E-state index contributed by atoms with van der Waals surface area (Å²) in [6, 6.07) is 13.7. The molecule has 0 spiro atoms. The van der Waals surface area contributed by atoms with Gasteiger partial charge < -0.3 is 16.0 Å². The molecule has 1 heterocycles. The first-order chi connectivity index (χ1) is 12.0. The van der Waals surface area contributed by atoms with Gasteiger partial charge in [-0.3, -0.25) is 14.4 Å². The molecule has 1 atom stereocenters. The van der Waals surface area contributed by atoms with Crippen molar-refractivity contribution < 1.29 is 14.4 Å². The number of carbonyl (C=O) groups excluding carboxylic acids is 3. The van der Waals surface area contributed by atoms with E-state index in [1.54, 1.807) is 11.0 Å². The van der Waals surface area contributed by atoms with E-state index < -0.39 is 11.8 Å². The molecule has 0 aromatic heterocycles. The van der Waals surface area contributed by atoms with Crippen LogP contribution in [-0.2, 0) is 9.59 Å². The Balaban J connectivity index is 1.71. The van der Waals surface area contributed by atoms with Crippen molar-refractivity contribution in [3.63, 3.8) is 0 Å². The minimum atomic E-state index is -0.674. The van der Waals surface area contributed by atoms with Crippen LogP contribution in [0.15, 0.2) is 48.5 Å². The van der Waals surface area contributed by atoms with Gasteiger partial charge in [0.05, 0.1) is 16.5 Å². The molecule has 0 bridgehead atoms. The van der Waals surface area contributed by atoms with Crippen LogP contribution in [0.2, 0.25) is 5.02 Å². The number of nitrogens with one attached hydrogen (secondary N) is 1. The normalized spacial score (nSPS) is 16.8. The van der Waals surface area contributed by atoms with Gasteiger partial charge in [0.1, 0.15) is 0 Å². The summed E-state index contributed by atoms with van der Waals surface area (Å²) in [4.78, 5) is 37.6. The number of primary amides is 1. The summed E-state index contributed by atoms with van der Waals surface area (Å²) in [5, 5.41) is 2.93. The number of hydrogen-bond donors (Lipinski definition) is 2. The van der Waals surface area contributed by atoms with Crippen LogP contribution in [-0.4, -0.2) is 24.3 Å². The van der Waals surface area contributed by atoms with Crippen LogP contribution in [0.3, 0.4) is 0 Å². The maximum Gasteiger partial charge on any atom is 0.250 e. The molecule has 6 nitrogen and oxygen atoms in total. The minimum Gasteiger partial charge on any atom is -0.366 e. The van der Waals surface area contributed by atoms with Gasteiger partial charge in [-0.2, -0.15) is 0 Å². The Labute approximate surface area is 149 Å². The highest BCUT2D eigenvalue weighted by Crippen LogP contribution is 2.26. The van der Waals surface area contributed by atoms with Gasteiger partial charge in [0.15, 0.2) is 0 Å². The predicted octanol–water partition coefficient (Wildman–Crippen LogP) is 2.43. The molecule has 2 aromatic carbocycles. The Morgan fingerprint density at radius 1 is 1.16 bits per heavy atom. The van der Waals surface area contributed by atoms with Crippen LogP contribution < -0.4 is 16.0 Å². The first kappa shape index (κ1) is 17.0. The molecule has 3 amide bonds. The molecule has 0 radical (unpaired) electrons. The molecule has 3 N–H and O–H groups in total. The molecule has 3 rings (SSSR count). The lowest BCUT2D eigenvalue weighted by atomic mass is 10.1. The first-order valence-corrected chi connectivity index (χ1v) is 8.09. The van der Waals surface area contributed by atoms with Gasteiger partial charge in [0.2, 0.25) is 17.7 Å². The zero-order valence-electron chi connectivity index (χ0n) is 13.2. The summed E-state index contributed by atoms with van der Waals surface area (Å²) in [5.74, 6) is -1.53. The molecule has 0 aliphatic carbocycles. The van der Waals surface area contributed by atoms with Crippen molar-refractivity contribution in [3.05, 3.63) is 59.1 Å². The maximum atomic E-state index is 12.5. The monoisotopic (exact) mass is 357 g/mol. The van der Waals surface area contributed by atoms with E-state index in [0.29, 0.717) is 12.2 Å². The van der Waals surface area contributed by atoms with Crippen LogP contribution in [0, 0.1) is 5.92 Å². The summed E-state index contributed by atoms with van der Waals surface area (Å²) in [6.45, 7) is 0.310. The fourth-order valence-electron chi connectivity index (χ4n) is 2.78. The second kappa shape index (κ2) is 6.94. The molecule has 1 aliphatic rings. The highest BCUT2D eigenvalue weighted by molar-refractivity contribution is 6.34. The molecule has 1 unspecified atom stereocenters. The maximum absolute atomic E-state index is 12.5. The molecule has 128 valence electrons. The third kappa shape index (κ3) is 3.64. The zero-order valence-corrected chi connectivity index (χ0v) is 14.0. The fraction of sp³-hybridized carbons (Fsp3) is 0.167. The molecular formula is C18H16ClN3O3. The number of amides is 3. The average molecular weight is 358 g/mol. The van der Waals surface area contributed by atoms with Crippen molar-refractivity contribution in [2.45, 2.75) is 6.42 Å². The molecule has 2 aromatic rings. The van der Waals surface area contributed by atoms with E-state index in [-0.39, 0.29) is 28.8 Å². The van der Waals surface area contributed by atoms with Gasteiger partial charge in [-0.05, 0) is 30.3 Å². The van der Waals surface area contributed by atoms with Gasteiger partial charge >= 0.3 is 0 Å². The smallest absolute Gasteiger partial charge is 0.250 e. The highest BCUT2D eigenvalue weighted by Gasteiger charge is 2.35. The van der Waals surface area contributed by atoms with Crippen molar-refractivity contribution >= 4 is 40.7 Å². The molecule has 25 heavy (non-hydrogen) atoms. The summed E-state index contributed by atoms with van der Waals surface area (Å²) in [7, 11) is 0. The number of carbonyl (C=O) groups is 3. The zero-order chi connectivity index (χ0) is 18.0. The largest absolute Gasteiger partial charge is 0.366 e. The van der Waals surface area contributed by atoms with Gasteiger partial charge in [0, 0.05) is 24.3 Å². The number of nitrogens with zero attached hydrogens (tertiary/aromatic N) is 1. The second-order valence-electron chi connectivity index (χ2n) is 5.79. The second-order valence-corrected chi connectivity index (χ2v) is 6.20. The summed E-state index contributed by atoms with van der Waals surface area (Å²) < 4.78 is 0. The number of hydrogen-bond acceptors (Lipinski definition) is 3. The topological polar surface area (TPSA) is 92.5 Å². The van der Waals surface area contributed by atoms with E-state index in [0.717, 1.165) is 5.69 Å². The number of anilines is 2. The van der Waals surface area contributed by atoms with Crippen molar-refractivity contribution in [2.24, 2.45) is 11.7 Å². The van der Waals surface area contributed by atoms with Crippen LogP contribution in [0.1, 0.15) is 16.8 Å². The van der Waals surface area contributed by atoms with E-state index in [2.05, 4.69) is 5.32 Å². The summed E-state index contributed by atoms with van der Waals surface area (Å²) in [6.07, 6.45) is 0.136. The van der Waals surface area contributed by atoms with Gasteiger partial charge in [0.25, 0.3) is 0 Å². The van der Waals surface area contributed by atoms with Crippen LogP contribution in [0.25, 0.3) is 0 Å². The molecule has 0 saturated carbocycles. The average Bonchev–Trinajstić information content (AvgIpc) is 2.99. The Hall–Kier alpha value is -2.86. The summed E-state index contributed by atoms with van der Waals surface area (Å²) >= 11 is 5.90. The van der Waals surface area contributed by atoms with Crippen molar-refractivity contribution in [2.75, 3.05) is 16.8 Å². The number of benzene rings is 2. The number of para-hydroxylation sites is 1. The van der Waals surface area contributed by atoms with Gasteiger partial charge in [-0.25, -0.2) is 0 Å². The van der Waals surface area contributed by atoms with Crippen molar-refractivity contribution in [3.8, 4) is 0 Å². The standard InChI is InChI=1S/C18H16ClN3O3/c19-15-7-6-12(9-14(15)17(20)24)21-18(25)11-8-16(23)22(10-11)13-4-2-1-3-5-13/h1-7,9,11H,8,10H2,(H2,20,24)(H,21,25). The molecule has 1 fully saturated rings. The lowest BCUT2D eigenvalue weighted by Gasteiger charge is -2.16. The SMILES string of the molecule is NC(=O)c1cc(NC(=O)C2CC(=O)N(c3ccccc3)C2)ccc1Cl. The molecule has 7 heteroatoms. The van der Waals surface area contributed by atoms with E-state index in [9.17, 15) is 14.4 Å². The molecule has 1 aliphatic heterocycles. The summed E-state index contributed by atoms with van der Waals surface area (Å²) in [5.41, 5.74) is 6.56. The predicted molar refractivity (Wildman–Crippen MR) is 95.5 cm³/mol. The molecular weight excluding hydrogens is 342 g/mol. The van der Waals surface area contributed by atoms with Crippen LogP contribution >= 0.6 is 11.6 Å². The van der Waals surface area contributed by atoms with Gasteiger partial charge in [-0.1, -0.05) is 29.8 Å². The minimum absolute atomic E-state index is 0.0970. The third-order valence-electron chi connectivity index (χ3n) is 4.06. The molecule has 1 saturated heterocycles. The van der Waals surface area contributed by atoms with E-state index >= 15 is 0 Å². The lowest BCUT2D eigenvalue weighted by Crippen LogP contribution is -2.28. The highest BCUT2D eigenvalue weighted by atomic mass is 35.5. The quantitative estimate of drug-likeness (QED) is 0.880.